The van der Waals surface area contributed by atoms with Crippen LogP contribution in [0.5, 0.6) is 0 Å². The highest BCUT2D eigenvalue weighted by Gasteiger charge is 2.31. The van der Waals surface area contributed by atoms with Crippen LogP contribution in [0.25, 0.3) is 16.7 Å². The molecule has 0 bridgehead atoms. The van der Waals surface area contributed by atoms with E-state index >= 15 is 4.39 Å². The topological polar surface area (TPSA) is 98.8 Å². The lowest BCUT2D eigenvalue weighted by Crippen LogP contribution is -2.54. The van der Waals surface area contributed by atoms with Gasteiger partial charge in [-0.25, -0.2) is 14.2 Å². The number of carbonyl (C=O) groups is 1. The molecule has 3 heterocycles. The van der Waals surface area contributed by atoms with Gasteiger partial charge in [-0.1, -0.05) is 12.1 Å². The molecule has 5 rings (SSSR count). The second-order valence-electron chi connectivity index (χ2n) is 11.3. The SMILES string of the molecule is Cc1c(C#N)cccc1C(C)Nc1nc2nccn2c2cc(F)c(N3CCN(C(=O)OC(C)(C)C)CC3C)cc12. The smallest absolute Gasteiger partial charge is 0.410 e. The van der Waals surface area contributed by atoms with Gasteiger partial charge in [-0.2, -0.15) is 10.2 Å². The number of aromatic nitrogens is 3. The van der Waals surface area contributed by atoms with E-state index in [-0.39, 0.29) is 24.0 Å². The fourth-order valence-corrected chi connectivity index (χ4v) is 5.33. The minimum atomic E-state index is -0.581. The lowest BCUT2D eigenvalue weighted by molar-refractivity contribution is 0.0218. The van der Waals surface area contributed by atoms with E-state index in [9.17, 15) is 10.1 Å². The van der Waals surface area contributed by atoms with E-state index < -0.39 is 5.60 Å². The van der Waals surface area contributed by atoms with Crippen molar-refractivity contribution < 1.29 is 13.9 Å². The van der Waals surface area contributed by atoms with Crippen LogP contribution < -0.4 is 10.2 Å². The van der Waals surface area contributed by atoms with Gasteiger partial charge in [-0.15, -0.1) is 0 Å². The van der Waals surface area contributed by atoms with Crippen LogP contribution in [0.2, 0.25) is 0 Å². The summed E-state index contributed by atoms with van der Waals surface area (Å²) >= 11 is 0. The molecule has 2 aromatic heterocycles. The van der Waals surface area contributed by atoms with Gasteiger partial charge >= 0.3 is 6.09 Å². The molecule has 40 heavy (non-hydrogen) atoms. The number of nitriles is 1. The van der Waals surface area contributed by atoms with E-state index in [0.29, 0.717) is 48.0 Å². The van der Waals surface area contributed by atoms with Crippen molar-refractivity contribution in [1.82, 2.24) is 19.3 Å². The molecule has 1 N–H and O–H groups in total. The van der Waals surface area contributed by atoms with Gasteiger partial charge in [0.25, 0.3) is 0 Å². The van der Waals surface area contributed by atoms with Crippen molar-refractivity contribution in [3.8, 4) is 6.07 Å². The summed E-state index contributed by atoms with van der Waals surface area (Å²) in [7, 11) is 0. The van der Waals surface area contributed by atoms with E-state index in [1.165, 1.54) is 6.07 Å². The number of fused-ring (bicyclic) bond motifs is 3. The first-order chi connectivity index (χ1) is 19.0. The van der Waals surface area contributed by atoms with E-state index in [2.05, 4.69) is 16.4 Å². The number of imidazole rings is 1. The molecular weight excluding hydrogens is 509 g/mol. The Hall–Kier alpha value is -4.39. The number of amides is 1. The Morgan fingerprint density at radius 3 is 2.75 bits per heavy atom. The molecule has 0 saturated carbocycles. The van der Waals surface area contributed by atoms with Crippen molar-refractivity contribution in [2.24, 2.45) is 0 Å². The van der Waals surface area contributed by atoms with Gasteiger partial charge in [0, 0.05) is 49.5 Å². The molecule has 1 fully saturated rings. The second-order valence-corrected chi connectivity index (χ2v) is 11.3. The number of rotatable bonds is 4. The molecule has 10 heteroatoms. The standard InChI is InChI=1S/C30H34FN7O2/c1-18-17-36(29(39)40-30(4,5)6)12-13-37(18)26-14-23-25(15-24(26)31)38-11-10-33-28(38)35-27(23)34-20(3)22-9-7-8-21(16-32)19(22)2/h7-11,14-15,18,20H,12-13,17H2,1-6H3,(H,33,34,35). The fourth-order valence-electron chi connectivity index (χ4n) is 5.33. The van der Waals surface area contributed by atoms with Gasteiger partial charge in [-0.3, -0.25) is 4.40 Å². The number of nitrogens with zero attached hydrogens (tertiary/aromatic N) is 6. The summed E-state index contributed by atoms with van der Waals surface area (Å²) in [6.07, 6.45) is 3.04. The van der Waals surface area contributed by atoms with E-state index in [4.69, 9.17) is 9.72 Å². The molecule has 1 saturated heterocycles. The second kappa shape index (κ2) is 10.3. The van der Waals surface area contributed by atoms with Crippen LogP contribution in [0, 0.1) is 24.1 Å². The molecule has 2 unspecified atom stereocenters. The van der Waals surface area contributed by atoms with Crippen LogP contribution in [-0.2, 0) is 4.74 Å². The number of hydrogen-bond acceptors (Lipinski definition) is 7. The zero-order valence-corrected chi connectivity index (χ0v) is 23.7. The van der Waals surface area contributed by atoms with Crippen molar-refractivity contribution >= 4 is 34.3 Å². The average molecular weight is 544 g/mol. The van der Waals surface area contributed by atoms with Gasteiger partial charge in [0.2, 0.25) is 5.78 Å². The minimum Gasteiger partial charge on any atom is -0.444 e. The Kier molecular flexibility index (Phi) is 7.00. The Morgan fingerprint density at radius 2 is 2.05 bits per heavy atom. The highest BCUT2D eigenvalue weighted by Crippen LogP contribution is 2.34. The Bertz CT molecular complexity index is 1640. The number of carbonyl (C=O) groups excluding carboxylic acids is 1. The molecular formula is C30H34FN7O2. The summed E-state index contributed by atoms with van der Waals surface area (Å²) in [6.45, 7) is 12.7. The summed E-state index contributed by atoms with van der Waals surface area (Å²) in [6, 6.07) is 10.9. The Morgan fingerprint density at radius 1 is 1.27 bits per heavy atom. The van der Waals surface area contributed by atoms with Gasteiger partial charge in [0.15, 0.2) is 0 Å². The number of hydrogen-bond donors (Lipinski definition) is 1. The molecule has 0 aliphatic carbocycles. The van der Waals surface area contributed by atoms with Crippen LogP contribution in [0.3, 0.4) is 0 Å². The van der Waals surface area contributed by atoms with Gasteiger partial charge in [0.1, 0.15) is 17.2 Å². The highest BCUT2D eigenvalue weighted by atomic mass is 19.1. The van der Waals surface area contributed by atoms with Crippen molar-refractivity contribution in [1.29, 1.82) is 5.26 Å². The van der Waals surface area contributed by atoms with E-state index in [0.717, 1.165) is 16.5 Å². The third-order valence-corrected chi connectivity index (χ3v) is 7.32. The van der Waals surface area contributed by atoms with E-state index in [1.807, 2.05) is 64.6 Å². The first-order valence-corrected chi connectivity index (χ1v) is 13.4. The quantitative estimate of drug-likeness (QED) is 0.346. The number of piperazine rings is 1. The zero-order valence-electron chi connectivity index (χ0n) is 23.7. The van der Waals surface area contributed by atoms with Crippen LogP contribution in [0.4, 0.5) is 20.7 Å². The number of nitrogens with one attached hydrogen (secondary N) is 1. The van der Waals surface area contributed by atoms with Crippen LogP contribution in [-0.4, -0.2) is 56.6 Å². The third-order valence-electron chi connectivity index (χ3n) is 7.32. The average Bonchev–Trinajstić information content (AvgIpc) is 3.36. The Balaban J connectivity index is 1.51. The third kappa shape index (κ3) is 5.11. The molecule has 1 aliphatic heterocycles. The molecule has 0 spiro atoms. The van der Waals surface area contributed by atoms with Crippen molar-refractivity contribution in [2.75, 3.05) is 29.9 Å². The normalized spacial score (nSPS) is 16.7. The lowest BCUT2D eigenvalue weighted by atomic mass is 9.98. The predicted octanol–water partition coefficient (Wildman–Crippen LogP) is 5.82. The summed E-state index contributed by atoms with van der Waals surface area (Å²) in [5, 5.41) is 13.7. The first-order valence-electron chi connectivity index (χ1n) is 13.4. The predicted molar refractivity (Wildman–Crippen MR) is 153 cm³/mol. The number of anilines is 2. The molecule has 0 radical (unpaired) electrons. The highest BCUT2D eigenvalue weighted by molar-refractivity contribution is 5.94. The summed E-state index contributed by atoms with van der Waals surface area (Å²) in [5.41, 5.74) is 3.01. The maximum atomic E-state index is 15.7. The molecule has 208 valence electrons. The number of halogens is 1. The number of ether oxygens (including phenoxy) is 1. The molecule has 2 aromatic carbocycles. The van der Waals surface area contributed by atoms with Gasteiger partial charge < -0.3 is 19.9 Å². The molecule has 1 amide bonds. The molecule has 2 atom stereocenters. The Labute approximate surface area is 233 Å². The van der Waals surface area contributed by atoms with Gasteiger partial charge in [-0.05, 0) is 64.8 Å². The van der Waals surface area contributed by atoms with Crippen molar-refractivity contribution in [3.63, 3.8) is 0 Å². The monoisotopic (exact) mass is 543 g/mol. The van der Waals surface area contributed by atoms with Crippen molar-refractivity contribution in [2.45, 2.75) is 59.2 Å². The summed E-state index contributed by atoms with van der Waals surface area (Å²) in [5.74, 6) is 0.670. The summed E-state index contributed by atoms with van der Waals surface area (Å²) in [4.78, 5) is 25.4. The van der Waals surface area contributed by atoms with E-state index in [1.54, 1.807) is 27.8 Å². The number of benzene rings is 2. The van der Waals surface area contributed by atoms with Crippen LogP contribution >= 0.6 is 0 Å². The fraction of sp³-hybridized carbons (Fsp3) is 0.400. The summed E-state index contributed by atoms with van der Waals surface area (Å²) < 4.78 is 23.0. The first kappa shape index (κ1) is 27.2. The maximum Gasteiger partial charge on any atom is 0.410 e. The molecule has 4 aromatic rings. The zero-order chi connectivity index (χ0) is 28.8. The van der Waals surface area contributed by atoms with Crippen LogP contribution in [0.1, 0.15) is 57.4 Å². The lowest BCUT2D eigenvalue weighted by Gasteiger charge is -2.41. The maximum absolute atomic E-state index is 15.7. The largest absolute Gasteiger partial charge is 0.444 e. The van der Waals surface area contributed by atoms with Crippen molar-refractivity contribution in [3.05, 3.63) is 65.2 Å². The molecule has 9 nitrogen and oxygen atoms in total. The van der Waals surface area contributed by atoms with Crippen LogP contribution in [0.15, 0.2) is 42.7 Å². The van der Waals surface area contributed by atoms with Gasteiger partial charge in [0.05, 0.1) is 28.9 Å². The minimum absolute atomic E-state index is 0.134. The molecule has 1 aliphatic rings.